The molecule has 1 unspecified atom stereocenters. The van der Waals surface area contributed by atoms with Crippen molar-refractivity contribution in [2.45, 2.75) is 83.6 Å². The molecule has 5 aromatic rings. The monoisotopic (exact) mass is 938 g/mol. The van der Waals surface area contributed by atoms with Crippen LogP contribution in [0.4, 0.5) is 14.5 Å². The van der Waals surface area contributed by atoms with E-state index in [2.05, 4.69) is 25.3 Å². The van der Waals surface area contributed by atoms with Gasteiger partial charge in [0.15, 0.2) is 11.6 Å². The van der Waals surface area contributed by atoms with E-state index in [-0.39, 0.29) is 83.2 Å². The summed E-state index contributed by atoms with van der Waals surface area (Å²) < 4.78 is 62.7. The fourth-order valence-corrected chi connectivity index (χ4v) is 9.23. The highest BCUT2D eigenvalue weighted by Gasteiger charge is 2.46. The first-order valence-electron chi connectivity index (χ1n) is 22.1. The van der Waals surface area contributed by atoms with Crippen LogP contribution in [-0.4, -0.2) is 89.3 Å². The van der Waals surface area contributed by atoms with Crippen LogP contribution in [0, 0.1) is 11.6 Å². The van der Waals surface area contributed by atoms with Crippen molar-refractivity contribution >= 4 is 67.8 Å². The molecule has 2 aliphatic heterocycles. The highest BCUT2D eigenvalue weighted by Crippen LogP contribution is 2.34. The Kier molecular flexibility index (Phi) is 15.0. The first-order valence-corrected chi connectivity index (χ1v) is 23.7. The SMILES string of the molecule is CCCS(=O)(=O)Nc1ccc(F)c(C(=O)c2c[nH]c3ncc(-c4ccc(C(=O)NCCCCCCCCCC(=O)COc5cccc6c5C(=O)N(C5CCC(=O)NC5=O)C6=O)cc4)cc23)c1F. The van der Waals surface area contributed by atoms with Crippen LogP contribution < -0.4 is 20.1 Å². The highest BCUT2D eigenvalue weighted by molar-refractivity contribution is 7.92. The molecule has 0 saturated carbocycles. The summed E-state index contributed by atoms with van der Waals surface area (Å²) in [7, 11) is -3.92. The Morgan fingerprint density at radius 1 is 0.896 bits per heavy atom. The minimum absolute atomic E-state index is 0.00431. The number of pyridine rings is 1. The zero-order valence-electron chi connectivity index (χ0n) is 36.5. The number of fused-ring (bicyclic) bond motifs is 2. The maximum Gasteiger partial charge on any atom is 0.266 e. The Labute approximate surface area is 384 Å². The number of aromatic amines is 1. The van der Waals surface area contributed by atoms with Crippen LogP contribution in [0.1, 0.15) is 125 Å². The van der Waals surface area contributed by atoms with Gasteiger partial charge in [-0.15, -0.1) is 0 Å². The van der Waals surface area contributed by atoms with E-state index >= 15 is 4.39 Å². The summed E-state index contributed by atoms with van der Waals surface area (Å²) in [5.74, 6) is -6.63. The average Bonchev–Trinajstić information content (AvgIpc) is 3.84. The van der Waals surface area contributed by atoms with Crippen LogP contribution in [-0.2, 0) is 24.4 Å². The zero-order valence-corrected chi connectivity index (χ0v) is 37.4. The predicted molar refractivity (Wildman–Crippen MR) is 242 cm³/mol. The maximum atomic E-state index is 15.5. The third-order valence-electron chi connectivity index (χ3n) is 11.5. The number of imide groups is 2. The Morgan fingerprint density at radius 3 is 2.36 bits per heavy atom. The number of anilines is 1. The van der Waals surface area contributed by atoms with E-state index < -0.39 is 68.4 Å². The number of piperidine rings is 1. The van der Waals surface area contributed by atoms with E-state index in [0.29, 0.717) is 29.7 Å². The molecular weight excluding hydrogens is 891 g/mol. The van der Waals surface area contributed by atoms with Crippen LogP contribution >= 0.6 is 0 Å². The number of hydrogen-bond acceptors (Lipinski definition) is 11. The molecule has 0 radical (unpaired) electrons. The topological polar surface area (TPSA) is 231 Å². The number of ether oxygens (including phenoxy) is 1. The van der Waals surface area contributed by atoms with E-state index in [1.54, 1.807) is 43.5 Å². The van der Waals surface area contributed by atoms with Gasteiger partial charge in [0.25, 0.3) is 17.7 Å². The number of carbonyl (C=O) groups excluding carboxylic acids is 7. The van der Waals surface area contributed by atoms with Crippen LogP contribution in [0.3, 0.4) is 0 Å². The molecule has 5 amide bonds. The number of hydrogen-bond donors (Lipinski definition) is 4. The van der Waals surface area contributed by atoms with Crippen molar-refractivity contribution in [3.05, 3.63) is 113 Å². The normalized spacial score (nSPS) is 14.9. The van der Waals surface area contributed by atoms with Gasteiger partial charge in [-0.1, -0.05) is 57.2 Å². The number of halogens is 2. The number of aromatic nitrogens is 2. The molecule has 4 heterocycles. The van der Waals surface area contributed by atoms with Crippen molar-refractivity contribution in [1.82, 2.24) is 25.5 Å². The first-order chi connectivity index (χ1) is 32.2. The summed E-state index contributed by atoms with van der Waals surface area (Å²) >= 11 is 0. The van der Waals surface area contributed by atoms with Crippen LogP contribution in [0.25, 0.3) is 22.2 Å². The number of ketones is 2. The second kappa shape index (κ2) is 21.0. The molecule has 4 N–H and O–H groups in total. The fraction of sp³-hybridized carbons (Fsp3) is 0.333. The minimum Gasteiger partial charge on any atom is -0.485 e. The lowest BCUT2D eigenvalue weighted by molar-refractivity contribution is -0.136. The molecule has 16 nitrogen and oxygen atoms in total. The molecule has 0 aliphatic carbocycles. The van der Waals surface area contributed by atoms with Crippen molar-refractivity contribution < 1.29 is 55.5 Å². The largest absolute Gasteiger partial charge is 0.485 e. The number of H-pyrrole nitrogens is 1. The van der Waals surface area contributed by atoms with Gasteiger partial charge in [-0.05, 0) is 73.7 Å². The third kappa shape index (κ3) is 10.9. The lowest BCUT2D eigenvalue weighted by atomic mass is 9.99. The molecule has 1 saturated heterocycles. The molecule has 67 heavy (non-hydrogen) atoms. The second-order valence-corrected chi connectivity index (χ2v) is 18.2. The molecule has 2 aromatic heterocycles. The van der Waals surface area contributed by atoms with Gasteiger partial charge in [-0.2, -0.15) is 0 Å². The van der Waals surface area contributed by atoms with Gasteiger partial charge in [-0.3, -0.25) is 48.5 Å². The summed E-state index contributed by atoms with van der Waals surface area (Å²) in [4.78, 5) is 97.3. The number of carbonyl (C=O) groups is 7. The standard InChI is InChI=1S/C48H48F2N6O10S/c1-2-23-67(64,65)55-36-19-18-35(49)41(42(36)50)43(59)34-26-53-44-33(34)24-30(25-52-44)28-14-16-29(17-15-28)45(60)51-22-9-7-5-3-4-6-8-11-31(57)27-66-38-13-10-12-32-40(38)48(63)56(47(32)62)37-20-21-39(58)54-46(37)61/h10,12-19,24-26,37,55H,2-9,11,20-23,27H2,1H3,(H,51,60)(H,52,53)(H,54,58,61). The molecule has 3 aromatic carbocycles. The minimum atomic E-state index is -3.92. The number of nitrogens with zero attached hydrogens (tertiary/aromatic N) is 2. The summed E-state index contributed by atoms with van der Waals surface area (Å²) in [5.41, 5.74) is 0.514. The number of unbranched alkanes of at least 4 members (excludes halogenated alkanes) is 6. The average molecular weight is 939 g/mol. The lowest BCUT2D eigenvalue weighted by Gasteiger charge is -2.27. The molecule has 1 fully saturated rings. The van der Waals surface area contributed by atoms with E-state index in [1.165, 1.54) is 24.4 Å². The maximum absolute atomic E-state index is 15.5. The number of Topliss-reactive ketones (excluding diaryl/α,β-unsaturated/α-hetero) is 1. The predicted octanol–water partition coefficient (Wildman–Crippen LogP) is 6.79. The molecule has 7 rings (SSSR count). The summed E-state index contributed by atoms with van der Waals surface area (Å²) in [6.45, 7) is 1.84. The van der Waals surface area contributed by atoms with Crippen molar-refractivity contribution in [2.75, 3.05) is 23.6 Å². The second-order valence-electron chi connectivity index (χ2n) is 16.4. The van der Waals surface area contributed by atoms with Crippen molar-refractivity contribution in [2.24, 2.45) is 0 Å². The number of sulfonamides is 1. The first kappa shape index (κ1) is 47.8. The summed E-state index contributed by atoms with van der Waals surface area (Å²) in [6.07, 6.45) is 9.43. The number of nitrogens with one attached hydrogen (secondary N) is 4. The Hall–Kier alpha value is -7.15. The van der Waals surface area contributed by atoms with Gasteiger partial charge in [0, 0.05) is 53.9 Å². The van der Waals surface area contributed by atoms with Gasteiger partial charge < -0.3 is 15.0 Å². The molecule has 0 bridgehead atoms. The molecule has 1 atom stereocenters. The van der Waals surface area contributed by atoms with E-state index in [9.17, 15) is 46.4 Å². The quantitative estimate of drug-likeness (QED) is 0.0321. The molecule has 350 valence electrons. The Bertz CT molecular complexity index is 2880. The van der Waals surface area contributed by atoms with E-state index in [0.717, 1.165) is 55.6 Å². The number of amides is 5. The molecular formula is C48H48F2N6O10S. The Balaban J connectivity index is 0.804. The van der Waals surface area contributed by atoms with Gasteiger partial charge in [0.1, 0.15) is 29.9 Å². The van der Waals surface area contributed by atoms with Crippen LogP contribution in [0.15, 0.2) is 73.1 Å². The molecule has 2 aliphatic rings. The smallest absolute Gasteiger partial charge is 0.266 e. The number of benzene rings is 3. The third-order valence-corrected chi connectivity index (χ3v) is 13.0. The lowest BCUT2D eigenvalue weighted by Crippen LogP contribution is -2.54. The Morgan fingerprint density at radius 2 is 1.63 bits per heavy atom. The van der Waals surface area contributed by atoms with Gasteiger partial charge in [0.2, 0.25) is 27.6 Å². The van der Waals surface area contributed by atoms with Gasteiger partial charge >= 0.3 is 0 Å². The zero-order chi connectivity index (χ0) is 47.8. The highest BCUT2D eigenvalue weighted by atomic mass is 32.2. The van der Waals surface area contributed by atoms with Gasteiger partial charge in [0.05, 0.1) is 28.1 Å². The van der Waals surface area contributed by atoms with Crippen molar-refractivity contribution in [3.8, 4) is 16.9 Å². The molecule has 0 spiro atoms. The van der Waals surface area contributed by atoms with E-state index in [4.69, 9.17) is 4.74 Å². The van der Waals surface area contributed by atoms with E-state index in [1.807, 2.05) is 0 Å². The van der Waals surface area contributed by atoms with Crippen molar-refractivity contribution in [1.29, 1.82) is 0 Å². The summed E-state index contributed by atoms with van der Waals surface area (Å²) in [6, 6.07) is 13.5. The van der Waals surface area contributed by atoms with Crippen LogP contribution in [0.2, 0.25) is 0 Å². The van der Waals surface area contributed by atoms with Gasteiger partial charge in [-0.25, -0.2) is 22.2 Å². The van der Waals surface area contributed by atoms with Crippen LogP contribution in [0.5, 0.6) is 5.75 Å². The fourth-order valence-electron chi connectivity index (χ4n) is 8.09. The molecule has 19 heteroatoms. The summed E-state index contributed by atoms with van der Waals surface area (Å²) in [5, 5.41) is 5.37. The number of rotatable bonds is 22. The van der Waals surface area contributed by atoms with Crippen molar-refractivity contribution in [3.63, 3.8) is 0 Å².